The molecule has 1 aliphatic rings. The van der Waals surface area contributed by atoms with Gasteiger partial charge in [0.25, 0.3) is 5.91 Å². The average molecular weight is 381 g/mol. The molecule has 26 heavy (non-hydrogen) atoms. The van der Waals surface area contributed by atoms with Crippen LogP contribution in [-0.4, -0.2) is 68.2 Å². The molecule has 2 heterocycles. The fraction of sp³-hybridized carbons (Fsp3) is 0.684. The van der Waals surface area contributed by atoms with Gasteiger partial charge in [0.2, 0.25) is 0 Å². The molecule has 0 bridgehead atoms. The van der Waals surface area contributed by atoms with E-state index in [2.05, 4.69) is 38.8 Å². The van der Waals surface area contributed by atoms with Crippen LogP contribution in [0.25, 0.3) is 0 Å². The summed E-state index contributed by atoms with van der Waals surface area (Å²) < 4.78 is 11.6. The van der Waals surface area contributed by atoms with Crippen LogP contribution < -0.4 is 0 Å². The van der Waals surface area contributed by atoms with E-state index in [0.717, 1.165) is 5.69 Å². The summed E-state index contributed by atoms with van der Waals surface area (Å²) in [4.78, 5) is 19.1. The van der Waals surface area contributed by atoms with Crippen molar-refractivity contribution in [1.29, 1.82) is 0 Å². The van der Waals surface area contributed by atoms with E-state index in [1.807, 2.05) is 0 Å². The largest absolute Gasteiger partial charge is 0.416 e. The summed E-state index contributed by atoms with van der Waals surface area (Å²) >= 11 is 0. The molecular weight excluding hydrogens is 348 g/mol. The number of aliphatic hydroxyl groups excluding tert-OH is 1. The van der Waals surface area contributed by atoms with Gasteiger partial charge in [-0.1, -0.05) is 20.8 Å². The first kappa shape index (κ1) is 21.0. The molecule has 0 saturated carbocycles. The van der Waals surface area contributed by atoms with Crippen molar-refractivity contribution in [2.45, 2.75) is 51.4 Å². The van der Waals surface area contributed by atoms with Gasteiger partial charge < -0.3 is 19.2 Å². The number of aliphatic hydroxyl groups is 1. The van der Waals surface area contributed by atoms with Gasteiger partial charge in [-0.3, -0.25) is 9.78 Å². The average Bonchev–Trinajstić information content (AvgIpc) is 2.60. The zero-order valence-electron chi connectivity index (χ0n) is 16.6. The van der Waals surface area contributed by atoms with Crippen molar-refractivity contribution in [1.82, 2.24) is 9.88 Å². The Hall–Kier alpha value is -1.28. The van der Waals surface area contributed by atoms with Crippen LogP contribution in [0.1, 0.15) is 36.8 Å². The molecule has 1 N–H and O–H groups in total. The first-order valence-corrected chi connectivity index (χ1v) is 12.2. The highest BCUT2D eigenvalue weighted by Crippen LogP contribution is 2.36. The summed E-state index contributed by atoms with van der Waals surface area (Å²) in [5, 5.41) is 9.68. The maximum absolute atomic E-state index is 13.0. The van der Waals surface area contributed by atoms with E-state index in [4.69, 9.17) is 9.16 Å². The minimum Gasteiger partial charge on any atom is -0.416 e. The second-order valence-electron chi connectivity index (χ2n) is 8.27. The smallest absolute Gasteiger partial charge is 0.256 e. The Morgan fingerprint density at radius 2 is 2.19 bits per heavy atom. The fourth-order valence-corrected chi connectivity index (χ4v) is 3.72. The third-order valence-electron chi connectivity index (χ3n) is 5.43. The topological polar surface area (TPSA) is 71.9 Å². The van der Waals surface area contributed by atoms with E-state index in [1.54, 1.807) is 23.2 Å². The molecule has 1 aliphatic heterocycles. The Kier molecular flexibility index (Phi) is 6.96. The maximum Gasteiger partial charge on any atom is 0.256 e. The van der Waals surface area contributed by atoms with E-state index in [9.17, 15) is 9.90 Å². The first-order chi connectivity index (χ1) is 12.2. The molecule has 146 valence electrons. The van der Waals surface area contributed by atoms with Crippen LogP contribution in [0.3, 0.4) is 0 Å². The number of carbonyl (C=O) groups is 1. The number of rotatable bonds is 6. The fourth-order valence-electron chi connectivity index (χ4n) is 2.68. The number of morpholine rings is 1. The van der Waals surface area contributed by atoms with Gasteiger partial charge in [0.05, 0.1) is 37.1 Å². The van der Waals surface area contributed by atoms with Crippen LogP contribution >= 0.6 is 0 Å². The van der Waals surface area contributed by atoms with Crippen LogP contribution in [0.5, 0.6) is 0 Å². The lowest BCUT2D eigenvalue weighted by Crippen LogP contribution is -2.50. The van der Waals surface area contributed by atoms with Gasteiger partial charge in [0.15, 0.2) is 8.32 Å². The number of amides is 1. The lowest BCUT2D eigenvalue weighted by molar-refractivity contribution is -0.0184. The minimum absolute atomic E-state index is 0.0947. The summed E-state index contributed by atoms with van der Waals surface area (Å²) in [5.74, 6) is -0.0947. The van der Waals surface area contributed by atoms with Crippen molar-refractivity contribution >= 4 is 14.2 Å². The van der Waals surface area contributed by atoms with Gasteiger partial charge in [0.1, 0.15) is 0 Å². The highest BCUT2D eigenvalue weighted by molar-refractivity contribution is 6.74. The van der Waals surface area contributed by atoms with E-state index in [-0.39, 0.29) is 23.6 Å². The predicted octanol–water partition coefficient (Wildman–Crippen LogP) is 2.48. The number of carbonyl (C=O) groups excluding carboxylic acids is 1. The van der Waals surface area contributed by atoms with E-state index in [1.165, 1.54) is 0 Å². The monoisotopic (exact) mass is 380 g/mol. The third kappa shape index (κ3) is 4.91. The lowest BCUT2D eigenvalue weighted by Gasteiger charge is -2.36. The zero-order chi connectivity index (χ0) is 19.4. The van der Waals surface area contributed by atoms with E-state index < -0.39 is 8.32 Å². The zero-order valence-corrected chi connectivity index (χ0v) is 17.6. The summed E-state index contributed by atoms with van der Waals surface area (Å²) in [6.45, 7) is 12.9. The molecule has 0 unspecified atom stereocenters. The summed E-state index contributed by atoms with van der Waals surface area (Å²) in [6, 6.07) is 3.29. The van der Waals surface area contributed by atoms with Gasteiger partial charge in [0, 0.05) is 25.8 Å². The maximum atomic E-state index is 13.0. The molecular formula is C19H32N2O4Si. The molecule has 0 spiro atoms. The summed E-state index contributed by atoms with van der Waals surface area (Å²) in [7, 11) is -1.83. The normalized spacial score (nSPS) is 18.8. The van der Waals surface area contributed by atoms with Gasteiger partial charge >= 0.3 is 0 Å². The molecule has 6 nitrogen and oxygen atoms in total. The number of ether oxygens (including phenoxy) is 1. The second kappa shape index (κ2) is 8.60. The molecule has 2 rings (SSSR count). The van der Waals surface area contributed by atoms with Crippen molar-refractivity contribution < 1.29 is 19.1 Å². The number of hydrogen-bond donors (Lipinski definition) is 1. The van der Waals surface area contributed by atoms with Crippen LogP contribution in [0.2, 0.25) is 18.1 Å². The van der Waals surface area contributed by atoms with Gasteiger partial charge in [-0.05, 0) is 30.3 Å². The van der Waals surface area contributed by atoms with Gasteiger partial charge in [-0.15, -0.1) is 0 Å². The summed E-state index contributed by atoms with van der Waals surface area (Å²) in [5.41, 5.74) is 1.34. The van der Waals surface area contributed by atoms with Gasteiger partial charge in [-0.2, -0.15) is 0 Å². The number of pyridine rings is 1. The van der Waals surface area contributed by atoms with Crippen molar-refractivity contribution in [2.24, 2.45) is 0 Å². The molecule has 1 aromatic rings. The van der Waals surface area contributed by atoms with Crippen LogP contribution in [0.15, 0.2) is 18.3 Å². The predicted molar refractivity (Wildman–Crippen MR) is 104 cm³/mol. The second-order valence-corrected chi connectivity index (χ2v) is 13.1. The number of aromatic nitrogens is 1. The molecule has 1 saturated heterocycles. The molecule has 0 aliphatic carbocycles. The highest BCUT2D eigenvalue weighted by atomic mass is 28.4. The van der Waals surface area contributed by atoms with E-state index in [0.29, 0.717) is 38.3 Å². The van der Waals surface area contributed by atoms with Crippen molar-refractivity contribution in [3.05, 3.63) is 29.6 Å². The number of nitrogens with zero attached hydrogens (tertiary/aromatic N) is 2. The van der Waals surface area contributed by atoms with Crippen LogP contribution in [0.4, 0.5) is 0 Å². The SMILES string of the molecule is CC(C)(C)[Si](C)(C)OCCc1ncccc1C(=O)N1CCOC[C@@H]1CO. The number of hydrogen-bond acceptors (Lipinski definition) is 5. The van der Waals surface area contributed by atoms with Crippen molar-refractivity contribution in [2.75, 3.05) is 33.0 Å². The molecule has 0 aromatic carbocycles. The van der Waals surface area contributed by atoms with E-state index >= 15 is 0 Å². The van der Waals surface area contributed by atoms with Gasteiger partial charge in [-0.25, -0.2) is 0 Å². The third-order valence-corrected chi connectivity index (χ3v) is 9.97. The minimum atomic E-state index is -1.83. The first-order valence-electron chi connectivity index (χ1n) is 9.25. The molecule has 1 amide bonds. The molecule has 7 heteroatoms. The standard InChI is InChI=1S/C19H32N2O4Si/c1-19(2,3)26(4,5)25-11-8-17-16(7-6-9-20-17)18(23)21-10-12-24-14-15(21)13-22/h6-7,9,15,22H,8,10-14H2,1-5H3/t15-/m0/s1. The molecule has 0 radical (unpaired) electrons. The van der Waals surface area contributed by atoms with Crippen molar-refractivity contribution in [3.8, 4) is 0 Å². The van der Waals surface area contributed by atoms with Crippen molar-refractivity contribution in [3.63, 3.8) is 0 Å². The van der Waals surface area contributed by atoms with Crippen LogP contribution in [-0.2, 0) is 15.6 Å². The molecule has 1 aromatic heterocycles. The molecule has 1 atom stereocenters. The Bertz CT molecular complexity index is 616. The lowest BCUT2D eigenvalue weighted by atomic mass is 10.1. The Morgan fingerprint density at radius 3 is 2.85 bits per heavy atom. The molecule has 1 fully saturated rings. The Balaban J connectivity index is 2.09. The Labute approximate surface area is 157 Å². The quantitative estimate of drug-likeness (QED) is 0.768. The highest BCUT2D eigenvalue weighted by Gasteiger charge is 2.37. The Morgan fingerprint density at radius 1 is 1.46 bits per heavy atom. The van der Waals surface area contributed by atoms with Crippen LogP contribution in [0, 0.1) is 0 Å². The summed E-state index contributed by atoms with van der Waals surface area (Å²) in [6.07, 6.45) is 2.31.